The van der Waals surface area contributed by atoms with Gasteiger partial charge in [-0.05, 0) is 42.3 Å². The summed E-state index contributed by atoms with van der Waals surface area (Å²) in [5.74, 6) is 0.358. The zero-order valence-corrected chi connectivity index (χ0v) is 17.2. The number of nitrogens with one attached hydrogen (secondary N) is 1. The SMILES string of the molecule is CCC(NC(=O)c1nn(-c2cccc(C(F)(F)F)c2)cc1OC)c1ccc(OC)cc1. The first-order valence-corrected chi connectivity index (χ1v) is 9.53. The van der Waals surface area contributed by atoms with E-state index in [1.807, 2.05) is 19.1 Å². The molecule has 1 atom stereocenters. The molecule has 0 radical (unpaired) electrons. The molecular formula is C22H22F3N3O3. The topological polar surface area (TPSA) is 65.4 Å². The van der Waals surface area contributed by atoms with Crippen LogP contribution in [-0.4, -0.2) is 29.9 Å². The number of aromatic nitrogens is 2. The van der Waals surface area contributed by atoms with Crippen LogP contribution in [0.5, 0.6) is 11.5 Å². The van der Waals surface area contributed by atoms with Gasteiger partial charge in [-0.25, -0.2) is 4.68 Å². The molecule has 1 aromatic heterocycles. The Hall–Kier alpha value is -3.49. The van der Waals surface area contributed by atoms with Gasteiger partial charge >= 0.3 is 6.18 Å². The van der Waals surface area contributed by atoms with E-state index in [1.165, 1.54) is 30.1 Å². The summed E-state index contributed by atoms with van der Waals surface area (Å²) in [7, 11) is 2.94. The van der Waals surface area contributed by atoms with Gasteiger partial charge in [-0.1, -0.05) is 25.1 Å². The minimum Gasteiger partial charge on any atom is -0.497 e. The van der Waals surface area contributed by atoms with Crippen LogP contribution >= 0.6 is 0 Å². The number of alkyl halides is 3. The van der Waals surface area contributed by atoms with Crippen molar-refractivity contribution in [2.24, 2.45) is 0 Å². The maximum absolute atomic E-state index is 13.0. The Morgan fingerprint density at radius 2 is 1.84 bits per heavy atom. The summed E-state index contributed by atoms with van der Waals surface area (Å²) in [5, 5.41) is 7.07. The predicted octanol–water partition coefficient (Wildman–Crippen LogP) is 4.79. The Morgan fingerprint density at radius 1 is 1.13 bits per heavy atom. The molecule has 0 spiro atoms. The third kappa shape index (κ3) is 4.99. The summed E-state index contributed by atoms with van der Waals surface area (Å²) >= 11 is 0. The summed E-state index contributed by atoms with van der Waals surface area (Å²) < 4.78 is 50.7. The smallest absolute Gasteiger partial charge is 0.416 e. The second kappa shape index (κ2) is 9.11. The van der Waals surface area contributed by atoms with Crippen molar-refractivity contribution in [2.75, 3.05) is 14.2 Å². The number of halogens is 3. The van der Waals surface area contributed by atoms with Gasteiger partial charge in [-0.3, -0.25) is 4.79 Å². The van der Waals surface area contributed by atoms with Gasteiger partial charge < -0.3 is 14.8 Å². The van der Waals surface area contributed by atoms with E-state index in [0.29, 0.717) is 12.2 Å². The van der Waals surface area contributed by atoms with Crippen molar-refractivity contribution >= 4 is 5.91 Å². The lowest BCUT2D eigenvalue weighted by atomic mass is 10.0. The second-order valence-electron chi connectivity index (χ2n) is 6.75. The molecule has 0 saturated heterocycles. The van der Waals surface area contributed by atoms with Gasteiger partial charge in [0.25, 0.3) is 5.91 Å². The number of rotatable bonds is 7. The zero-order valence-electron chi connectivity index (χ0n) is 17.2. The third-order valence-corrected chi connectivity index (χ3v) is 4.79. The van der Waals surface area contributed by atoms with Crippen LogP contribution in [0.2, 0.25) is 0 Å². The van der Waals surface area contributed by atoms with E-state index >= 15 is 0 Å². The predicted molar refractivity (Wildman–Crippen MR) is 109 cm³/mol. The summed E-state index contributed by atoms with van der Waals surface area (Å²) in [6.07, 6.45) is -2.49. The van der Waals surface area contributed by atoms with Crippen molar-refractivity contribution in [3.63, 3.8) is 0 Å². The van der Waals surface area contributed by atoms with Gasteiger partial charge in [-0.15, -0.1) is 0 Å². The summed E-state index contributed by atoms with van der Waals surface area (Å²) in [6.45, 7) is 1.92. The van der Waals surface area contributed by atoms with Gasteiger partial charge in [0.05, 0.1) is 37.7 Å². The van der Waals surface area contributed by atoms with E-state index in [1.54, 1.807) is 19.2 Å². The Balaban J connectivity index is 1.87. The summed E-state index contributed by atoms with van der Waals surface area (Å²) in [6, 6.07) is 11.7. The van der Waals surface area contributed by atoms with E-state index < -0.39 is 17.6 Å². The van der Waals surface area contributed by atoms with Gasteiger partial charge in [0.15, 0.2) is 11.4 Å². The molecule has 3 aromatic rings. The highest BCUT2D eigenvalue weighted by Crippen LogP contribution is 2.31. The van der Waals surface area contributed by atoms with E-state index in [4.69, 9.17) is 9.47 Å². The normalized spacial score (nSPS) is 12.3. The van der Waals surface area contributed by atoms with Crippen molar-refractivity contribution < 1.29 is 27.4 Å². The first kappa shape index (κ1) is 22.2. The molecule has 0 aliphatic heterocycles. The van der Waals surface area contributed by atoms with Gasteiger partial charge in [-0.2, -0.15) is 18.3 Å². The number of methoxy groups -OCH3 is 2. The lowest BCUT2D eigenvalue weighted by molar-refractivity contribution is -0.137. The molecule has 0 saturated carbocycles. The molecule has 1 amide bonds. The molecule has 2 aromatic carbocycles. The van der Waals surface area contributed by atoms with Crippen LogP contribution < -0.4 is 14.8 Å². The Kier molecular flexibility index (Phi) is 6.53. The van der Waals surface area contributed by atoms with Crippen LogP contribution in [-0.2, 0) is 6.18 Å². The van der Waals surface area contributed by atoms with E-state index in [-0.39, 0.29) is 23.2 Å². The standard InChI is InChI=1S/C22H22F3N3O3/c1-4-18(14-8-10-17(30-2)11-9-14)26-21(29)20-19(31-3)13-28(27-20)16-7-5-6-15(12-16)22(23,24)25/h5-13,18H,4H2,1-3H3,(H,26,29). The van der Waals surface area contributed by atoms with Crippen molar-refractivity contribution in [3.05, 3.63) is 71.5 Å². The number of hydrogen-bond acceptors (Lipinski definition) is 4. The van der Waals surface area contributed by atoms with Crippen molar-refractivity contribution in [2.45, 2.75) is 25.6 Å². The van der Waals surface area contributed by atoms with Crippen LogP contribution in [0.25, 0.3) is 5.69 Å². The number of amides is 1. The minimum absolute atomic E-state index is 0.0214. The number of nitrogens with zero attached hydrogens (tertiary/aromatic N) is 2. The molecule has 6 nitrogen and oxygen atoms in total. The molecule has 1 N–H and O–H groups in total. The Bertz CT molecular complexity index is 1050. The van der Waals surface area contributed by atoms with Crippen LogP contribution in [0.15, 0.2) is 54.7 Å². The second-order valence-corrected chi connectivity index (χ2v) is 6.75. The minimum atomic E-state index is -4.49. The number of hydrogen-bond donors (Lipinski definition) is 1. The molecule has 1 unspecified atom stereocenters. The fraction of sp³-hybridized carbons (Fsp3) is 0.273. The zero-order chi connectivity index (χ0) is 22.6. The number of ether oxygens (including phenoxy) is 2. The highest BCUT2D eigenvalue weighted by Gasteiger charge is 2.31. The van der Waals surface area contributed by atoms with Crippen LogP contribution in [0, 0.1) is 0 Å². The quantitative estimate of drug-likeness (QED) is 0.582. The number of carbonyl (C=O) groups excluding carboxylic acids is 1. The Morgan fingerprint density at radius 3 is 2.42 bits per heavy atom. The van der Waals surface area contributed by atoms with E-state index in [9.17, 15) is 18.0 Å². The molecule has 0 aliphatic rings. The average Bonchev–Trinajstić information content (AvgIpc) is 3.22. The summed E-state index contributed by atoms with van der Waals surface area (Å²) in [4.78, 5) is 12.9. The molecule has 3 rings (SSSR count). The Labute approximate surface area is 177 Å². The first-order chi connectivity index (χ1) is 14.8. The van der Waals surface area contributed by atoms with Gasteiger partial charge in [0.1, 0.15) is 5.75 Å². The maximum Gasteiger partial charge on any atom is 0.416 e. The van der Waals surface area contributed by atoms with Crippen LogP contribution in [0.4, 0.5) is 13.2 Å². The van der Waals surface area contributed by atoms with E-state index in [0.717, 1.165) is 17.7 Å². The van der Waals surface area contributed by atoms with Crippen LogP contribution in [0.1, 0.15) is 41.0 Å². The molecule has 1 heterocycles. The molecular weight excluding hydrogens is 411 g/mol. The molecule has 0 fully saturated rings. The lowest BCUT2D eigenvalue weighted by Crippen LogP contribution is -2.29. The fourth-order valence-corrected chi connectivity index (χ4v) is 3.11. The average molecular weight is 433 g/mol. The van der Waals surface area contributed by atoms with Gasteiger partial charge in [0, 0.05) is 0 Å². The third-order valence-electron chi connectivity index (χ3n) is 4.79. The number of benzene rings is 2. The highest BCUT2D eigenvalue weighted by atomic mass is 19.4. The lowest BCUT2D eigenvalue weighted by Gasteiger charge is -2.17. The van der Waals surface area contributed by atoms with Crippen LogP contribution in [0.3, 0.4) is 0 Å². The molecule has 164 valence electrons. The summed E-state index contributed by atoms with van der Waals surface area (Å²) in [5.41, 5.74) is 0.213. The highest BCUT2D eigenvalue weighted by molar-refractivity contribution is 5.95. The van der Waals surface area contributed by atoms with E-state index in [2.05, 4.69) is 10.4 Å². The maximum atomic E-state index is 13.0. The molecule has 0 bridgehead atoms. The monoisotopic (exact) mass is 433 g/mol. The van der Waals surface area contributed by atoms with Crippen molar-refractivity contribution in [1.29, 1.82) is 0 Å². The molecule has 0 aliphatic carbocycles. The number of carbonyl (C=O) groups is 1. The first-order valence-electron chi connectivity index (χ1n) is 9.53. The van der Waals surface area contributed by atoms with Gasteiger partial charge in [0.2, 0.25) is 0 Å². The fourth-order valence-electron chi connectivity index (χ4n) is 3.11. The molecule has 9 heteroatoms. The van der Waals surface area contributed by atoms with Crippen molar-refractivity contribution in [1.82, 2.24) is 15.1 Å². The van der Waals surface area contributed by atoms with Crippen molar-refractivity contribution in [3.8, 4) is 17.2 Å². The largest absolute Gasteiger partial charge is 0.497 e. The molecule has 31 heavy (non-hydrogen) atoms.